The molecule has 17 heteroatoms. The van der Waals surface area contributed by atoms with Gasteiger partial charge in [-0.3, -0.25) is 14.1 Å². The fourth-order valence-electron chi connectivity index (χ4n) is 4.44. The Kier molecular flexibility index (Phi) is 9.91. The molecule has 7 atom stereocenters. The Hall–Kier alpha value is -2.98. The van der Waals surface area contributed by atoms with Crippen LogP contribution in [0.5, 0.6) is 5.75 Å². The molecule has 2 unspecified atom stereocenters. The minimum atomic E-state index is -4.38. The van der Waals surface area contributed by atoms with E-state index in [2.05, 4.69) is 20.0 Å². The zero-order valence-electron chi connectivity index (χ0n) is 24.4. The normalized spacial score (nSPS) is 29.3. The molecule has 0 spiro atoms. The summed E-state index contributed by atoms with van der Waals surface area (Å²) in [7, 11) is -3.06. The van der Waals surface area contributed by atoms with Gasteiger partial charge in [0.2, 0.25) is 11.8 Å². The van der Waals surface area contributed by atoms with Crippen LogP contribution in [0.2, 0.25) is 0 Å². The number of ether oxygens (including phenoxy) is 3. The molecule has 236 valence electrons. The molecule has 0 saturated carbocycles. The Labute approximate surface area is 252 Å². The lowest BCUT2D eigenvalue weighted by atomic mass is 9.97. The smallest absolute Gasteiger partial charge is 0.459 e. The molecule has 3 N–H and O–H groups in total. The van der Waals surface area contributed by atoms with Crippen molar-refractivity contribution in [3.8, 4) is 17.0 Å². The predicted octanol–water partition coefficient (Wildman–Crippen LogP) is 2.72. The number of hydrogen-bond donors (Lipinski definition) is 3. The number of aromatic nitrogens is 2. The average molecular weight is 644 g/mol. The third kappa shape index (κ3) is 7.40. The van der Waals surface area contributed by atoms with Gasteiger partial charge in [-0.25, -0.2) is 8.96 Å². The van der Waals surface area contributed by atoms with Crippen molar-refractivity contribution in [3.05, 3.63) is 41.9 Å². The third-order valence-corrected chi connectivity index (χ3v) is 8.95. The predicted molar refractivity (Wildman–Crippen MR) is 152 cm³/mol. The molecule has 2 aromatic rings. The summed E-state index contributed by atoms with van der Waals surface area (Å²) in [4.78, 5) is 25.7. The van der Waals surface area contributed by atoms with Gasteiger partial charge in [-0.2, -0.15) is 5.09 Å². The largest absolute Gasteiger partial charge is 0.462 e. The summed E-state index contributed by atoms with van der Waals surface area (Å²) < 4.78 is 61.6. The van der Waals surface area contributed by atoms with Crippen molar-refractivity contribution in [1.29, 1.82) is 0 Å². The van der Waals surface area contributed by atoms with Crippen LogP contribution in [0.3, 0.4) is 0 Å². The van der Waals surface area contributed by atoms with Crippen molar-refractivity contribution in [1.82, 2.24) is 24.9 Å². The molecule has 3 heterocycles. The van der Waals surface area contributed by atoms with Gasteiger partial charge in [0, 0.05) is 37.3 Å². The Morgan fingerprint density at radius 3 is 2.60 bits per heavy atom. The van der Waals surface area contributed by atoms with Crippen LogP contribution in [0.1, 0.15) is 34.6 Å². The lowest BCUT2D eigenvalue weighted by Gasteiger charge is -2.46. The quantitative estimate of drug-likeness (QED) is 0.228. The maximum Gasteiger partial charge on any atom is 0.459 e. The van der Waals surface area contributed by atoms with Crippen LogP contribution in [0, 0.1) is 0 Å². The zero-order valence-corrected chi connectivity index (χ0v) is 26.1. The van der Waals surface area contributed by atoms with Gasteiger partial charge in [-0.05, 0) is 63.5 Å². The Morgan fingerprint density at radius 1 is 1.30 bits per heavy atom. The average Bonchev–Trinajstić information content (AvgIpc) is 3.55. The van der Waals surface area contributed by atoms with Crippen molar-refractivity contribution in [2.45, 2.75) is 76.7 Å². The second kappa shape index (κ2) is 12.9. The molecule has 2 aliphatic rings. The van der Waals surface area contributed by atoms with E-state index in [-0.39, 0.29) is 5.75 Å². The number of hydrogen-bond acceptors (Lipinski definition) is 13. The zero-order chi connectivity index (χ0) is 31.6. The number of rotatable bonds is 12. The van der Waals surface area contributed by atoms with Gasteiger partial charge in [0.05, 0.1) is 12.7 Å². The van der Waals surface area contributed by atoms with Crippen LogP contribution in [-0.4, -0.2) is 87.3 Å². The number of aliphatic hydroxyl groups excluding tert-OH is 1. The highest BCUT2D eigenvalue weighted by atomic mass is 32.1. The van der Waals surface area contributed by atoms with Crippen LogP contribution in [0.4, 0.5) is 4.39 Å². The third-order valence-electron chi connectivity index (χ3n) is 6.80. The number of nitrogens with one attached hydrogen (secondary N) is 2. The van der Waals surface area contributed by atoms with E-state index >= 15 is 4.39 Å². The van der Waals surface area contributed by atoms with Crippen LogP contribution < -0.4 is 14.9 Å². The Morgan fingerprint density at radius 2 is 2.00 bits per heavy atom. The van der Waals surface area contributed by atoms with Gasteiger partial charge in [-0.1, -0.05) is 4.49 Å². The number of alkyl halides is 1. The SMILES string of the molecule is COC1(C)NC(=O)C=CN1[C@@H]1O[C@H](COP(=O)(N[C@@H](C)C(=O)OC(C)C)Oc2ccc(-c3csnn3)cc2)[C@@H](O)[C@@]1(C)F. The number of amides is 1. The summed E-state index contributed by atoms with van der Waals surface area (Å²) in [6, 6.07) is 5.27. The maximum atomic E-state index is 16.0. The number of halogens is 1. The van der Waals surface area contributed by atoms with E-state index in [4.69, 9.17) is 23.3 Å². The number of methoxy groups -OCH3 is 1. The first-order chi connectivity index (χ1) is 20.2. The fourth-order valence-corrected chi connectivity index (χ4v) is 6.40. The summed E-state index contributed by atoms with van der Waals surface area (Å²) in [6.45, 7) is 6.75. The highest BCUT2D eigenvalue weighted by Crippen LogP contribution is 2.47. The van der Waals surface area contributed by atoms with E-state index in [0.717, 1.165) is 18.6 Å². The molecule has 1 aromatic heterocycles. The highest BCUT2D eigenvalue weighted by Gasteiger charge is 2.59. The monoisotopic (exact) mass is 643 g/mol. The van der Waals surface area contributed by atoms with Gasteiger partial charge in [0.1, 0.15) is 29.7 Å². The fraction of sp³-hybridized carbons (Fsp3) is 0.538. The molecule has 0 bridgehead atoms. The maximum absolute atomic E-state index is 16.0. The molecule has 1 aromatic carbocycles. The number of carbonyl (C=O) groups is 2. The van der Waals surface area contributed by atoms with Gasteiger partial charge < -0.3 is 34.1 Å². The van der Waals surface area contributed by atoms with Crippen LogP contribution in [-0.2, 0) is 32.9 Å². The molecular formula is C26H35FN5O9PS. The standard InChI is InChI=1S/C26H35FN5O9PS/c1-15(2)39-23(35)16(3)30-42(36,41-18-9-7-17(8-10-18)19-14-43-31-29-19)38-13-20-22(34)25(4,27)24(40-20)32-12-11-21(33)28-26(32,5)37-6/h7-12,14-16,20,22,24,34H,13H2,1-6H3,(H,28,33)(H,30,36)/t16-,20+,22+,24+,25+,26?,42?/m0/s1. The topological polar surface area (TPSA) is 171 Å². The molecule has 1 saturated heterocycles. The van der Waals surface area contributed by atoms with Crippen molar-refractivity contribution < 1.29 is 46.9 Å². The minimum Gasteiger partial charge on any atom is -0.462 e. The molecular weight excluding hydrogens is 608 g/mol. The molecule has 0 radical (unpaired) electrons. The van der Waals surface area contributed by atoms with Crippen molar-refractivity contribution >= 4 is 31.2 Å². The molecule has 43 heavy (non-hydrogen) atoms. The second-order valence-corrected chi connectivity index (χ2v) is 12.9. The van der Waals surface area contributed by atoms with E-state index in [1.807, 2.05) is 0 Å². The van der Waals surface area contributed by atoms with E-state index < -0.39 is 68.3 Å². The summed E-state index contributed by atoms with van der Waals surface area (Å²) in [6.07, 6.45) is -2.52. The van der Waals surface area contributed by atoms with Gasteiger partial charge in [0.15, 0.2) is 11.9 Å². The van der Waals surface area contributed by atoms with Gasteiger partial charge >= 0.3 is 13.7 Å². The van der Waals surface area contributed by atoms with Crippen LogP contribution >= 0.6 is 19.3 Å². The lowest BCUT2D eigenvalue weighted by Crippen LogP contribution is -2.66. The first-order valence-corrected chi connectivity index (χ1v) is 15.7. The second-order valence-electron chi connectivity index (χ2n) is 10.6. The number of carbonyl (C=O) groups excluding carboxylic acids is 2. The van der Waals surface area contributed by atoms with E-state index in [1.54, 1.807) is 31.4 Å². The number of benzene rings is 1. The van der Waals surface area contributed by atoms with Crippen molar-refractivity contribution in [3.63, 3.8) is 0 Å². The number of aliphatic hydroxyl groups is 1. The van der Waals surface area contributed by atoms with Crippen molar-refractivity contribution in [2.24, 2.45) is 0 Å². The van der Waals surface area contributed by atoms with Gasteiger partial charge in [-0.15, -0.1) is 5.10 Å². The number of nitrogens with zero attached hydrogens (tertiary/aromatic N) is 3. The minimum absolute atomic E-state index is 0.123. The summed E-state index contributed by atoms with van der Waals surface area (Å²) in [5, 5.41) is 21.8. The first-order valence-electron chi connectivity index (χ1n) is 13.3. The van der Waals surface area contributed by atoms with E-state index in [9.17, 15) is 19.3 Å². The molecule has 1 amide bonds. The van der Waals surface area contributed by atoms with Crippen molar-refractivity contribution in [2.75, 3.05) is 13.7 Å². The summed E-state index contributed by atoms with van der Waals surface area (Å²) in [5.74, 6) is -2.55. The molecule has 0 aliphatic carbocycles. The summed E-state index contributed by atoms with van der Waals surface area (Å²) in [5.41, 5.74) is -1.02. The molecule has 2 aliphatic heterocycles. The van der Waals surface area contributed by atoms with Gasteiger partial charge in [0.25, 0.3) is 0 Å². The molecule has 14 nitrogen and oxygen atoms in total. The highest BCUT2D eigenvalue weighted by molar-refractivity contribution is 7.52. The number of esters is 1. The molecule has 1 fully saturated rings. The van der Waals surface area contributed by atoms with Crippen LogP contribution in [0.25, 0.3) is 11.3 Å². The Balaban J connectivity index is 1.53. The van der Waals surface area contributed by atoms with Crippen LogP contribution in [0.15, 0.2) is 41.9 Å². The van der Waals surface area contributed by atoms with E-state index in [0.29, 0.717) is 5.69 Å². The first kappa shape index (κ1) is 32.9. The van der Waals surface area contributed by atoms with E-state index in [1.165, 1.54) is 55.7 Å². The summed E-state index contributed by atoms with van der Waals surface area (Å²) >= 11 is 1.19. The lowest BCUT2D eigenvalue weighted by molar-refractivity contribution is -0.213. The molecule has 4 rings (SSSR count). The Bertz CT molecular complexity index is 1360.